The normalized spacial score (nSPS) is 27.8. The average molecular weight is 373 g/mol. The second kappa shape index (κ2) is 9.15. The van der Waals surface area contributed by atoms with Crippen LogP contribution in [0.3, 0.4) is 0 Å². The van der Waals surface area contributed by atoms with Crippen molar-refractivity contribution in [2.45, 2.75) is 31.5 Å². The second-order valence-electron chi connectivity index (χ2n) is 7.99. The highest BCUT2D eigenvalue weighted by Crippen LogP contribution is 2.19. The summed E-state index contributed by atoms with van der Waals surface area (Å²) >= 11 is 0. The van der Waals surface area contributed by atoms with E-state index in [2.05, 4.69) is 44.3 Å². The number of carbonyl (C=O) groups excluding carboxylic acids is 1. The van der Waals surface area contributed by atoms with Crippen LogP contribution in [0.4, 0.5) is 0 Å². The molecule has 0 radical (unpaired) electrons. The van der Waals surface area contributed by atoms with Crippen molar-refractivity contribution in [2.75, 3.05) is 59.0 Å². The number of benzene rings is 1. The maximum Gasteiger partial charge on any atom is 0.225 e. The third-order valence-corrected chi connectivity index (χ3v) is 6.06. The van der Waals surface area contributed by atoms with Gasteiger partial charge in [-0.05, 0) is 12.0 Å². The molecule has 0 spiro atoms. The Labute approximate surface area is 162 Å². The van der Waals surface area contributed by atoms with Gasteiger partial charge >= 0.3 is 0 Å². The third-order valence-electron chi connectivity index (χ3n) is 6.06. The van der Waals surface area contributed by atoms with Gasteiger partial charge in [0.15, 0.2) is 0 Å². The Balaban J connectivity index is 1.24. The number of hydrogen-bond acceptors (Lipinski definition) is 5. The molecule has 1 aromatic rings. The van der Waals surface area contributed by atoms with E-state index in [-0.39, 0.29) is 12.0 Å². The fourth-order valence-electron chi connectivity index (χ4n) is 4.53. The summed E-state index contributed by atoms with van der Waals surface area (Å²) in [7, 11) is 0. The van der Waals surface area contributed by atoms with Crippen LogP contribution in [0, 0.1) is 0 Å². The van der Waals surface area contributed by atoms with Crippen LogP contribution in [0.1, 0.15) is 18.4 Å². The van der Waals surface area contributed by atoms with Crippen molar-refractivity contribution >= 4 is 5.91 Å². The monoisotopic (exact) mass is 372 g/mol. The molecule has 0 aromatic heterocycles. The van der Waals surface area contributed by atoms with E-state index < -0.39 is 0 Å². The largest absolute Gasteiger partial charge is 0.375 e. The number of rotatable bonds is 5. The highest BCUT2D eigenvalue weighted by molar-refractivity contribution is 5.77. The number of nitrogens with zero attached hydrogens (tertiary/aromatic N) is 3. The molecule has 6 heteroatoms. The van der Waals surface area contributed by atoms with Crippen molar-refractivity contribution in [3.63, 3.8) is 0 Å². The van der Waals surface area contributed by atoms with E-state index in [9.17, 15) is 4.79 Å². The van der Waals surface area contributed by atoms with Gasteiger partial charge in [0.1, 0.15) is 0 Å². The molecule has 2 atom stereocenters. The van der Waals surface area contributed by atoms with Crippen molar-refractivity contribution < 1.29 is 9.53 Å². The molecule has 4 rings (SSSR count). The zero-order valence-electron chi connectivity index (χ0n) is 16.2. The lowest BCUT2D eigenvalue weighted by Crippen LogP contribution is -2.49. The predicted molar refractivity (Wildman–Crippen MR) is 106 cm³/mol. The van der Waals surface area contributed by atoms with Gasteiger partial charge in [0.2, 0.25) is 5.91 Å². The molecule has 1 N–H and O–H groups in total. The summed E-state index contributed by atoms with van der Waals surface area (Å²) in [6.45, 7) is 9.56. The molecule has 0 bridgehead atoms. The lowest BCUT2D eigenvalue weighted by Gasteiger charge is -2.34. The van der Waals surface area contributed by atoms with Gasteiger partial charge in [-0.15, -0.1) is 0 Å². The van der Waals surface area contributed by atoms with E-state index in [1.165, 1.54) is 5.56 Å². The van der Waals surface area contributed by atoms with Crippen LogP contribution in [0.15, 0.2) is 30.3 Å². The van der Waals surface area contributed by atoms with Gasteiger partial charge in [0.05, 0.1) is 19.1 Å². The van der Waals surface area contributed by atoms with Crippen LogP contribution in [-0.4, -0.2) is 91.7 Å². The van der Waals surface area contributed by atoms with E-state index in [4.69, 9.17) is 4.74 Å². The molecular weight excluding hydrogens is 340 g/mol. The molecule has 0 aliphatic carbocycles. The lowest BCUT2D eigenvalue weighted by atomic mass is 10.1. The molecule has 148 valence electrons. The summed E-state index contributed by atoms with van der Waals surface area (Å²) in [5.74, 6) is 0.263. The lowest BCUT2D eigenvalue weighted by molar-refractivity contribution is -0.135. The van der Waals surface area contributed by atoms with Crippen LogP contribution in [0.5, 0.6) is 0 Å². The summed E-state index contributed by atoms with van der Waals surface area (Å²) in [5, 5.41) is 3.40. The highest BCUT2D eigenvalue weighted by atomic mass is 16.5. The summed E-state index contributed by atoms with van der Waals surface area (Å²) < 4.78 is 5.91. The first-order chi connectivity index (χ1) is 13.3. The fraction of sp³-hybridized carbons (Fsp3) is 0.667. The molecule has 3 heterocycles. The quantitative estimate of drug-likeness (QED) is 0.828. The number of nitrogens with one attached hydrogen (secondary N) is 1. The first kappa shape index (κ1) is 18.9. The van der Waals surface area contributed by atoms with E-state index >= 15 is 0 Å². The van der Waals surface area contributed by atoms with Gasteiger partial charge < -0.3 is 15.0 Å². The third kappa shape index (κ3) is 5.08. The van der Waals surface area contributed by atoms with Crippen molar-refractivity contribution in [1.29, 1.82) is 0 Å². The van der Waals surface area contributed by atoms with Gasteiger partial charge in [-0.1, -0.05) is 30.3 Å². The van der Waals surface area contributed by atoms with Crippen LogP contribution >= 0.6 is 0 Å². The molecule has 1 aromatic carbocycles. The topological polar surface area (TPSA) is 48.1 Å². The molecule has 3 aliphatic heterocycles. The van der Waals surface area contributed by atoms with E-state index in [1.807, 2.05) is 6.07 Å². The predicted octanol–water partition coefficient (Wildman–Crippen LogP) is 0.784. The Bertz CT molecular complexity index is 605. The van der Waals surface area contributed by atoms with Crippen molar-refractivity contribution in [2.24, 2.45) is 0 Å². The van der Waals surface area contributed by atoms with E-state index in [0.717, 1.165) is 65.3 Å². The minimum atomic E-state index is 0.0215. The van der Waals surface area contributed by atoms with Crippen LogP contribution in [0.25, 0.3) is 0 Å². The number of carbonyl (C=O) groups is 1. The Morgan fingerprint density at radius 1 is 1.07 bits per heavy atom. The van der Waals surface area contributed by atoms with Crippen molar-refractivity contribution in [3.8, 4) is 0 Å². The molecule has 3 fully saturated rings. The van der Waals surface area contributed by atoms with Gasteiger partial charge in [-0.3, -0.25) is 14.6 Å². The molecule has 27 heavy (non-hydrogen) atoms. The number of likely N-dealkylation sites (tertiary alicyclic amines) is 1. The van der Waals surface area contributed by atoms with E-state index in [1.54, 1.807) is 0 Å². The number of hydrogen-bond donors (Lipinski definition) is 1. The van der Waals surface area contributed by atoms with Crippen LogP contribution in [0.2, 0.25) is 0 Å². The average Bonchev–Trinajstić information content (AvgIpc) is 3.20. The summed E-state index contributed by atoms with van der Waals surface area (Å²) in [6.07, 6.45) is 1.64. The minimum Gasteiger partial charge on any atom is -0.375 e. The fourth-order valence-corrected chi connectivity index (χ4v) is 4.53. The zero-order valence-corrected chi connectivity index (χ0v) is 16.2. The minimum absolute atomic E-state index is 0.0215. The molecule has 1 amide bonds. The number of ether oxygens (including phenoxy) is 1. The van der Waals surface area contributed by atoms with Gasteiger partial charge in [0, 0.05) is 64.9 Å². The highest BCUT2D eigenvalue weighted by Gasteiger charge is 2.32. The Kier molecular flexibility index (Phi) is 6.39. The molecule has 3 saturated heterocycles. The van der Waals surface area contributed by atoms with Crippen molar-refractivity contribution in [3.05, 3.63) is 35.9 Å². The molecule has 6 nitrogen and oxygen atoms in total. The van der Waals surface area contributed by atoms with Crippen LogP contribution in [-0.2, 0) is 16.1 Å². The molecule has 3 aliphatic rings. The van der Waals surface area contributed by atoms with E-state index in [0.29, 0.717) is 19.1 Å². The maximum absolute atomic E-state index is 12.8. The van der Waals surface area contributed by atoms with Crippen LogP contribution < -0.4 is 5.32 Å². The molecule has 2 unspecified atom stereocenters. The van der Waals surface area contributed by atoms with Gasteiger partial charge in [-0.2, -0.15) is 0 Å². The SMILES string of the molecule is O=C(CC1CN(Cc2ccccc2)CCO1)N1CCC(N2CCNCC2)C1. The smallest absolute Gasteiger partial charge is 0.225 e. The van der Waals surface area contributed by atoms with Gasteiger partial charge in [-0.25, -0.2) is 0 Å². The second-order valence-corrected chi connectivity index (χ2v) is 7.99. The Morgan fingerprint density at radius 2 is 1.89 bits per heavy atom. The Morgan fingerprint density at radius 3 is 2.70 bits per heavy atom. The zero-order chi connectivity index (χ0) is 18.5. The van der Waals surface area contributed by atoms with Gasteiger partial charge in [0.25, 0.3) is 0 Å². The summed E-state index contributed by atoms with van der Waals surface area (Å²) in [6, 6.07) is 11.1. The number of amides is 1. The molecular formula is C21H32N4O2. The first-order valence-corrected chi connectivity index (χ1v) is 10.4. The number of piperazine rings is 1. The standard InChI is InChI=1S/C21H32N4O2/c26-21(25-9-6-19(16-25)24-10-7-22-8-11-24)14-20-17-23(12-13-27-20)15-18-4-2-1-3-5-18/h1-5,19-20,22H,6-17H2. The molecule has 0 saturated carbocycles. The van der Waals surface area contributed by atoms with Crippen molar-refractivity contribution in [1.82, 2.24) is 20.0 Å². The summed E-state index contributed by atoms with van der Waals surface area (Å²) in [5.41, 5.74) is 1.32. The first-order valence-electron chi connectivity index (χ1n) is 10.4. The number of morpholine rings is 1. The Hall–Kier alpha value is -1.47. The summed E-state index contributed by atoms with van der Waals surface area (Å²) in [4.78, 5) is 19.8. The maximum atomic E-state index is 12.8.